The van der Waals surface area contributed by atoms with Gasteiger partial charge in [-0.1, -0.05) is 0 Å². The standard InChI is InChI=1S/C11H15N3O4/c1-7-5-8(17-2)13-10(12-7)14-11(9(15)16)3-4-18-6-11/h5H,3-4,6H2,1-2H3,(H,15,16)(H,12,13,14). The molecule has 98 valence electrons. The molecule has 0 bridgehead atoms. The number of carbonyl (C=O) groups is 1. The normalized spacial score (nSPS) is 22.8. The Bertz CT molecular complexity index is 458. The number of ether oxygens (including phenoxy) is 2. The lowest BCUT2D eigenvalue weighted by Gasteiger charge is -2.23. The van der Waals surface area contributed by atoms with Gasteiger partial charge in [0.2, 0.25) is 11.8 Å². The van der Waals surface area contributed by atoms with Gasteiger partial charge in [-0.25, -0.2) is 9.78 Å². The van der Waals surface area contributed by atoms with Crippen LogP contribution in [0.5, 0.6) is 5.88 Å². The van der Waals surface area contributed by atoms with E-state index in [1.807, 2.05) is 0 Å². The zero-order valence-electron chi connectivity index (χ0n) is 10.3. The molecule has 0 aliphatic carbocycles. The molecule has 0 amide bonds. The number of hydrogen-bond donors (Lipinski definition) is 2. The van der Waals surface area contributed by atoms with Gasteiger partial charge < -0.3 is 19.9 Å². The predicted molar refractivity (Wildman–Crippen MR) is 62.7 cm³/mol. The summed E-state index contributed by atoms with van der Waals surface area (Å²) in [6, 6.07) is 1.67. The first-order chi connectivity index (χ1) is 8.55. The van der Waals surface area contributed by atoms with Crippen LogP contribution in [0.2, 0.25) is 0 Å². The summed E-state index contributed by atoms with van der Waals surface area (Å²) < 4.78 is 10.2. The largest absolute Gasteiger partial charge is 0.481 e. The quantitative estimate of drug-likeness (QED) is 0.804. The van der Waals surface area contributed by atoms with E-state index in [9.17, 15) is 9.90 Å². The molecule has 0 radical (unpaired) electrons. The first-order valence-corrected chi connectivity index (χ1v) is 5.55. The summed E-state index contributed by atoms with van der Waals surface area (Å²) in [5.74, 6) is -0.340. The zero-order chi connectivity index (χ0) is 13.2. The fourth-order valence-electron chi connectivity index (χ4n) is 1.80. The molecule has 0 aromatic carbocycles. The number of hydrogen-bond acceptors (Lipinski definition) is 6. The fourth-order valence-corrected chi connectivity index (χ4v) is 1.80. The highest BCUT2D eigenvalue weighted by atomic mass is 16.5. The summed E-state index contributed by atoms with van der Waals surface area (Å²) in [5.41, 5.74) is -0.456. The highest BCUT2D eigenvalue weighted by molar-refractivity contribution is 5.82. The second kappa shape index (κ2) is 4.77. The van der Waals surface area contributed by atoms with Gasteiger partial charge in [0, 0.05) is 24.8 Å². The first-order valence-electron chi connectivity index (χ1n) is 5.55. The predicted octanol–water partition coefficient (Wildman–Crippen LogP) is 0.449. The van der Waals surface area contributed by atoms with Crippen molar-refractivity contribution in [1.82, 2.24) is 9.97 Å². The molecule has 18 heavy (non-hydrogen) atoms. The van der Waals surface area contributed by atoms with Gasteiger partial charge in [0.05, 0.1) is 13.7 Å². The van der Waals surface area contributed by atoms with Gasteiger partial charge in [-0.05, 0) is 6.92 Å². The Morgan fingerprint density at radius 3 is 2.94 bits per heavy atom. The minimum Gasteiger partial charge on any atom is -0.481 e. The van der Waals surface area contributed by atoms with E-state index < -0.39 is 11.5 Å². The molecule has 1 fully saturated rings. The molecule has 1 unspecified atom stereocenters. The number of anilines is 1. The molecule has 0 spiro atoms. The number of carboxylic acid groups (broad SMARTS) is 1. The van der Waals surface area contributed by atoms with Gasteiger partial charge in [-0.2, -0.15) is 4.98 Å². The maximum Gasteiger partial charge on any atom is 0.331 e. The highest BCUT2D eigenvalue weighted by Gasteiger charge is 2.43. The SMILES string of the molecule is COc1cc(C)nc(NC2(C(=O)O)CCOC2)n1. The van der Waals surface area contributed by atoms with Gasteiger partial charge in [-0.15, -0.1) is 0 Å². The number of methoxy groups -OCH3 is 1. The lowest BCUT2D eigenvalue weighted by molar-refractivity contribution is -0.142. The molecule has 1 aliphatic heterocycles. The van der Waals surface area contributed by atoms with Crippen LogP contribution in [-0.2, 0) is 9.53 Å². The van der Waals surface area contributed by atoms with Crippen LogP contribution in [0.3, 0.4) is 0 Å². The molecule has 1 atom stereocenters. The van der Waals surface area contributed by atoms with Gasteiger partial charge in [-0.3, -0.25) is 0 Å². The van der Waals surface area contributed by atoms with Gasteiger partial charge in [0.1, 0.15) is 0 Å². The number of rotatable bonds is 4. The van der Waals surface area contributed by atoms with Crippen LogP contribution in [0.15, 0.2) is 6.07 Å². The molecule has 1 saturated heterocycles. The zero-order valence-corrected chi connectivity index (χ0v) is 10.3. The maximum atomic E-state index is 11.3. The first kappa shape index (κ1) is 12.6. The second-order valence-electron chi connectivity index (χ2n) is 4.19. The summed E-state index contributed by atoms with van der Waals surface area (Å²) in [7, 11) is 1.50. The Hall–Kier alpha value is -1.89. The van der Waals surface area contributed by atoms with E-state index in [1.54, 1.807) is 13.0 Å². The lowest BCUT2D eigenvalue weighted by atomic mass is 9.99. The summed E-state index contributed by atoms with van der Waals surface area (Å²) in [6.45, 7) is 2.29. The summed E-state index contributed by atoms with van der Waals surface area (Å²) >= 11 is 0. The average molecular weight is 253 g/mol. The van der Waals surface area contributed by atoms with Crippen LogP contribution in [-0.4, -0.2) is 46.9 Å². The minimum atomic E-state index is -1.15. The van der Waals surface area contributed by atoms with Gasteiger partial charge >= 0.3 is 5.97 Å². The third kappa shape index (κ3) is 2.35. The Balaban J connectivity index is 2.26. The summed E-state index contributed by atoms with van der Waals surface area (Å²) in [6.07, 6.45) is 0.377. The van der Waals surface area contributed by atoms with E-state index >= 15 is 0 Å². The number of nitrogens with zero attached hydrogens (tertiary/aromatic N) is 2. The van der Waals surface area contributed by atoms with Crippen LogP contribution in [0, 0.1) is 6.92 Å². The molecule has 1 aromatic rings. The molecule has 2 rings (SSSR count). The third-order valence-electron chi connectivity index (χ3n) is 2.82. The van der Waals surface area contributed by atoms with Crippen LogP contribution in [0.4, 0.5) is 5.95 Å². The van der Waals surface area contributed by atoms with Crippen molar-refractivity contribution in [3.05, 3.63) is 11.8 Å². The topological polar surface area (TPSA) is 93.6 Å². The van der Waals surface area contributed by atoms with Crippen molar-refractivity contribution < 1.29 is 19.4 Å². The van der Waals surface area contributed by atoms with E-state index in [4.69, 9.17) is 9.47 Å². The van der Waals surface area contributed by atoms with Crippen LogP contribution in [0.1, 0.15) is 12.1 Å². The molecule has 1 aromatic heterocycles. The number of nitrogens with one attached hydrogen (secondary N) is 1. The van der Waals surface area contributed by atoms with Crippen LogP contribution >= 0.6 is 0 Å². The Labute approximate surface area is 104 Å². The van der Waals surface area contributed by atoms with Crippen molar-refractivity contribution in [3.8, 4) is 5.88 Å². The van der Waals surface area contributed by atoms with Crippen molar-refractivity contribution in [1.29, 1.82) is 0 Å². The maximum absolute atomic E-state index is 11.3. The van der Waals surface area contributed by atoms with Crippen LogP contribution in [0.25, 0.3) is 0 Å². The molecule has 7 heteroatoms. The summed E-state index contributed by atoms with van der Waals surface area (Å²) in [4.78, 5) is 19.6. The molecule has 2 N–H and O–H groups in total. The van der Waals surface area contributed by atoms with Crippen molar-refractivity contribution in [2.75, 3.05) is 25.6 Å². The number of aliphatic carboxylic acids is 1. The second-order valence-corrected chi connectivity index (χ2v) is 4.19. The fraction of sp³-hybridized carbons (Fsp3) is 0.545. The van der Waals surface area contributed by atoms with E-state index in [-0.39, 0.29) is 12.6 Å². The molecule has 7 nitrogen and oxygen atoms in total. The number of carboxylic acids is 1. The number of aromatic nitrogens is 2. The molecular formula is C11H15N3O4. The van der Waals surface area contributed by atoms with E-state index in [2.05, 4.69) is 15.3 Å². The number of aryl methyl sites for hydroxylation is 1. The Morgan fingerprint density at radius 1 is 1.61 bits per heavy atom. The van der Waals surface area contributed by atoms with Crippen molar-refractivity contribution in [3.63, 3.8) is 0 Å². The molecular weight excluding hydrogens is 238 g/mol. The van der Waals surface area contributed by atoms with Crippen LogP contribution < -0.4 is 10.1 Å². The van der Waals surface area contributed by atoms with E-state index in [0.29, 0.717) is 24.6 Å². The Kier molecular flexibility index (Phi) is 3.33. The minimum absolute atomic E-state index is 0.0992. The monoisotopic (exact) mass is 253 g/mol. The van der Waals surface area contributed by atoms with Crippen molar-refractivity contribution in [2.45, 2.75) is 18.9 Å². The van der Waals surface area contributed by atoms with Crippen molar-refractivity contribution >= 4 is 11.9 Å². The van der Waals surface area contributed by atoms with Crippen molar-refractivity contribution in [2.24, 2.45) is 0 Å². The Morgan fingerprint density at radius 2 is 2.39 bits per heavy atom. The van der Waals surface area contributed by atoms with Gasteiger partial charge in [0.25, 0.3) is 0 Å². The average Bonchev–Trinajstić information content (AvgIpc) is 2.78. The molecule has 1 aliphatic rings. The van der Waals surface area contributed by atoms with E-state index in [1.165, 1.54) is 7.11 Å². The highest BCUT2D eigenvalue weighted by Crippen LogP contribution is 2.24. The van der Waals surface area contributed by atoms with Gasteiger partial charge in [0.15, 0.2) is 5.54 Å². The third-order valence-corrected chi connectivity index (χ3v) is 2.82. The van der Waals surface area contributed by atoms with E-state index in [0.717, 1.165) is 0 Å². The molecule has 2 heterocycles. The molecule has 0 saturated carbocycles. The smallest absolute Gasteiger partial charge is 0.331 e. The lowest BCUT2D eigenvalue weighted by Crippen LogP contribution is -2.47. The summed E-state index contributed by atoms with van der Waals surface area (Å²) in [5, 5.41) is 12.1.